The van der Waals surface area contributed by atoms with Crippen LogP contribution in [0.25, 0.3) is 67.5 Å². The Morgan fingerprint density at radius 1 is 0.265 bits per heavy atom. The predicted molar refractivity (Wildman–Crippen MR) is 198 cm³/mol. The Morgan fingerprint density at radius 2 is 0.612 bits per heavy atom. The van der Waals surface area contributed by atoms with Crippen molar-refractivity contribution in [2.24, 2.45) is 0 Å². The molecule has 3 nitrogen and oxygen atoms in total. The maximum Gasteiger partial charge on any atom is 0.164 e. The van der Waals surface area contributed by atoms with Crippen LogP contribution in [0.3, 0.4) is 0 Å². The first-order valence-corrected chi connectivity index (χ1v) is 16.7. The van der Waals surface area contributed by atoms with Crippen molar-refractivity contribution >= 4 is 0 Å². The van der Waals surface area contributed by atoms with E-state index in [9.17, 15) is 0 Å². The molecule has 1 heterocycles. The molecule has 0 N–H and O–H groups in total. The summed E-state index contributed by atoms with van der Waals surface area (Å²) in [6.07, 6.45) is 0. The Labute approximate surface area is 285 Å². The van der Waals surface area contributed by atoms with E-state index in [0.717, 1.165) is 22.3 Å². The maximum atomic E-state index is 5.16. The highest BCUT2D eigenvalue weighted by Gasteiger charge is 2.52. The number of aromatic nitrogens is 3. The van der Waals surface area contributed by atoms with Crippen molar-refractivity contribution in [2.75, 3.05) is 0 Å². The van der Waals surface area contributed by atoms with Crippen molar-refractivity contribution < 1.29 is 0 Å². The SMILES string of the molecule is c1ccc(-c2nc(-c3ccccc3)nc(-c3ccccc3-c3cccc4c3C3(c5ccccc5-c5ccccc53)c3ccccc3-4)n2)cc1. The van der Waals surface area contributed by atoms with Crippen LogP contribution in [0.15, 0.2) is 176 Å². The lowest BCUT2D eigenvalue weighted by atomic mass is 9.68. The van der Waals surface area contributed by atoms with E-state index < -0.39 is 5.41 Å². The van der Waals surface area contributed by atoms with Crippen LogP contribution in [0.2, 0.25) is 0 Å². The highest BCUT2D eigenvalue weighted by Crippen LogP contribution is 2.64. The van der Waals surface area contributed by atoms with Crippen LogP contribution in [0.4, 0.5) is 0 Å². The van der Waals surface area contributed by atoms with Gasteiger partial charge in [-0.05, 0) is 55.6 Å². The van der Waals surface area contributed by atoms with E-state index in [1.165, 1.54) is 50.1 Å². The zero-order valence-electron chi connectivity index (χ0n) is 26.6. The Hall–Kier alpha value is -6.45. The van der Waals surface area contributed by atoms with Gasteiger partial charge in [0.15, 0.2) is 17.5 Å². The van der Waals surface area contributed by atoms with Gasteiger partial charge in [0.05, 0.1) is 5.41 Å². The van der Waals surface area contributed by atoms with E-state index in [4.69, 9.17) is 15.0 Å². The predicted octanol–water partition coefficient (Wildman–Crippen LogP) is 10.9. The van der Waals surface area contributed by atoms with Crippen molar-refractivity contribution in [2.45, 2.75) is 5.41 Å². The maximum absolute atomic E-state index is 5.16. The third-order valence-corrected chi connectivity index (χ3v) is 10.2. The molecule has 3 heteroatoms. The average molecular weight is 624 g/mol. The molecule has 1 aromatic heterocycles. The van der Waals surface area contributed by atoms with Crippen LogP contribution < -0.4 is 0 Å². The number of hydrogen-bond donors (Lipinski definition) is 0. The second-order valence-corrected chi connectivity index (χ2v) is 12.7. The summed E-state index contributed by atoms with van der Waals surface area (Å²) < 4.78 is 0. The van der Waals surface area contributed by atoms with Gasteiger partial charge in [-0.25, -0.2) is 15.0 Å². The normalized spacial score (nSPS) is 13.1. The largest absolute Gasteiger partial charge is 0.208 e. The minimum absolute atomic E-state index is 0.466. The molecule has 2 aliphatic carbocycles. The molecule has 0 unspecified atom stereocenters. The van der Waals surface area contributed by atoms with Gasteiger partial charge in [-0.3, -0.25) is 0 Å². The van der Waals surface area contributed by atoms with Gasteiger partial charge >= 0.3 is 0 Å². The number of hydrogen-bond acceptors (Lipinski definition) is 3. The van der Waals surface area contributed by atoms with Crippen molar-refractivity contribution in [3.63, 3.8) is 0 Å². The lowest BCUT2D eigenvalue weighted by molar-refractivity contribution is 0.796. The molecular formula is C46H29N3. The highest BCUT2D eigenvalue weighted by atomic mass is 15.0. The first kappa shape index (κ1) is 27.6. The van der Waals surface area contributed by atoms with E-state index in [1.54, 1.807) is 0 Å². The van der Waals surface area contributed by atoms with Crippen molar-refractivity contribution in [1.29, 1.82) is 0 Å². The van der Waals surface area contributed by atoms with Crippen LogP contribution in [-0.4, -0.2) is 15.0 Å². The summed E-state index contributed by atoms with van der Waals surface area (Å²) in [7, 11) is 0. The minimum Gasteiger partial charge on any atom is -0.208 e. The number of rotatable bonds is 4. The molecule has 228 valence electrons. The third kappa shape index (κ3) is 3.99. The average Bonchev–Trinajstić information content (AvgIpc) is 3.66. The lowest BCUT2D eigenvalue weighted by Crippen LogP contribution is -2.26. The standard InChI is InChI=1S/C46H29N3/c1-3-16-30(17-4-1)43-47-44(31-18-5-2-6-19-31)49-45(48-43)38-24-8-7-20-32(38)36-25-15-26-37-35-23-11-14-29-41(35)46(42(36)37)39-27-12-9-21-33(39)34-22-10-13-28-40(34)46/h1-29H. The molecule has 8 aromatic rings. The van der Waals surface area contributed by atoms with Gasteiger partial charge in [0, 0.05) is 16.7 Å². The molecule has 0 saturated carbocycles. The molecule has 0 atom stereocenters. The monoisotopic (exact) mass is 623 g/mol. The summed E-state index contributed by atoms with van der Waals surface area (Å²) in [4.78, 5) is 15.3. The molecule has 49 heavy (non-hydrogen) atoms. The van der Waals surface area contributed by atoms with Crippen LogP contribution in [0.1, 0.15) is 22.3 Å². The van der Waals surface area contributed by atoms with Crippen LogP contribution >= 0.6 is 0 Å². The molecule has 0 radical (unpaired) electrons. The van der Waals surface area contributed by atoms with Gasteiger partial charge in [0.1, 0.15) is 0 Å². The summed E-state index contributed by atoms with van der Waals surface area (Å²) in [5, 5.41) is 0. The molecule has 0 saturated heterocycles. The first-order chi connectivity index (χ1) is 24.3. The van der Waals surface area contributed by atoms with Gasteiger partial charge in [-0.15, -0.1) is 0 Å². The second kappa shape index (κ2) is 10.8. The highest BCUT2D eigenvalue weighted by molar-refractivity contribution is 6.00. The number of benzene rings is 7. The van der Waals surface area contributed by atoms with Crippen molar-refractivity contribution in [3.05, 3.63) is 198 Å². The van der Waals surface area contributed by atoms with E-state index in [-0.39, 0.29) is 0 Å². The quantitative estimate of drug-likeness (QED) is 0.196. The molecule has 7 aromatic carbocycles. The van der Waals surface area contributed by atoms with Crippen LogP contribution in [-0.2, 0) is 5.41 Å². The molecule has 10 rings (SSSR count). The zero-order chi connectivity index (χ0) is 32.4. The van der Waals surface area contributed by atoms with Gasteiger partial charge in [-0.1, -0.05) is 176 Å². The molecule has 2 aliphatic rings. The fourth-order valence-corrected chi connectivity index (χ4v) is 8.22. The molecule has 0 amide bonds. The minimum atomic E-state index is -0.466. The third-order valence-electron chi connectivity index (χ3n) is 10.2. The fourth-order valence-electron chi connectivity index (χ4n) is 8.22. The fraction of sp³-hybridized carbons (Fsp3) is 0.0217. The van der Waals surface area contributed by atoms with Crippen molar-refractivity contribution in [3.8, 4) is 67.5 Å². The Balaban J connectivity index is 1.27. The van der Waals surface area contributed by atoms with Gasteiger partial charge in [0.2, 0.25) is 0 Å². The molecule has 0 bridgehead atoms. The van der Waals surface area contributed by atoms with Crippen LogP contribution in [0, 0.1) is 0 Å². The number of nitrogens with zero attached hydrogens (tertiary/aromatic N) is 3. The van der Waals surface area contributed by atoms with Gasteiger partial charge in [0.25, 0.3) is 0 Å². The topological polar surface area (TPSA) is 38.7 Å². The molecular weight excluding hydrogens is 595 g/mol. The smallest absolute Gasteiger partial charge is 0.164 e. The van der Waals surface area contributed by atoms with E-state index in [1.807, 2.05) is 36.4 Å². The summed E-state index contributed by atoms with van der Waals surface area (Å²) in [5.74, 6) is 1.96. The lowest BCUT2D eigenvalue weighted by Gasteiger charge is -2.32. The molecule has 0 fully saturated rings. The molecule has 0 aliphatic heterocycles. The summed E-state index contributed by atoms with van der Waals surface area (Å²) >= 11 is 0. The first-order valence-electron chi connectivity index (χ1n) is 16.7. The second-order valence-electron chi connectivity index (χ2n) is 12.7. The van der Waals surface area contributed by atoms with E-state index >= 15 is 0 Å². The van der Waals surface area contributed by atoms with Crippen LogP contribution in [0.5, 0.6) is 0 Å². The Kier molecular flexibility index (Phi) is 6.09. The summed E-state index contributed by atoms with van der Waals surface area (Å²) in [6.45, 7) is 0. The Bertz CT molecular complexity index is 2430. The summed E-state index contributed by atoms with van der Waals surface area (Å²) in [6, 6.07) is 62.6. The van der Waals surface area contributed by atoms with Gasteiger partial charge < -0.3 is 0 Å². The molecule has 1 spiro atoms. The van der Waals surface area contributed by atoms with Crippen molar-refractivity contribution in [1.82, 2.24) is 15.0 Å². The zero-order valence-corrected chi connectivity index (χ0v) is 26.6. The van der Waals surface area contributed by atoms with Gasteiger partial charge in [-0.2, -0.15) is 0 Å². The van der Waals surface area contributed by atoms with E-state index in [2.05, 4.69) is 140 Å². The van der Waals surface area contributed by atoms with E-state index in [0.29, 0.717) is 17.5 Å². The Morgan fingerprint density at radius 3 is 1.12 bits per heavy atom. The number of fused-ring (bicyclic) bond motifs is 10. The summed E-state index contributed by atoms with van der Waals surface area (Å²) in [5.41, 5.74) is 15.1.